The molecule has 0 fully saturated rings. The molecule has 13 heavy (non-hydrogen) atoms. The minimum atomic E-state index is -0.168. The van der Waals surface area contributed by atoms with E-state index in [1.165, 1.54) is 6.07 Å². The first-order valence-corrected chi connectivity index (χ1v) is 5.01. The minimum Gasteiger partial charge on any atom is -0.330 e. The topological polar surface area (TPSA) is 26.0 Å². The van der Waals surface area contributed by atoms with Gasteiger partial charge in [-0.1, -0.05) is 22.9 Å². The zero-order valence-electron chi connectivity index (χ0n) is 7.77. The van der Waals surface area contributed by atoms with Crippen LogP contribution in [0.2, 0.25) is 0 Å². The first kappa shape index (κ1) is 10.7. The number of rotatable bonds is 2. The van der Waals surface area contributed by atoms with Crippen molar-refractivity contribution in [1.82, 2.24) is 0 Å². The summed E-state index contributed by atoms with van der Waals surface area (Å²) in [6.45, 7) is 4.25. The van der Waals surface area contributed by atoms with Gasteiger partial charge in [-0.2, -0.15) is 0 Å². The van der Waals surface area contributed by atoms with Gasteiger partial charge in [0, 0.05) is 4.47 Å². The van der Waals surface area contributed by atoms with Crippen LogP contribution in [0.15, 0.2) is 16.6 Å². The van der Waals surface area contributed by atoms with Crippen LogP contribution in [-0.2, 0) is 0 Å². The van der Waals surface area contributed by atoms with E-state index in [1.807, 2.05) is 19.9 Å². The summed E-state index contributed by atoms with van der Waals surface area (Å²) in [6, 6.07) is 3.34. The molecule has 0 aliphatic heterocycles. The second-order valence-electron chi connectivity index (χ2n) is 3.26. The Bertz CT molecular complexity index is 312. The van der Waals surface area contributed by atoms with Crippen LogP contribution < -0.4 is 5.73 Å². The quantitative estimate of drug-likeness (QED) is 0.852. The first-order valence-electron chi connectivity index (χ1n) is 4.22. The Kier molecular flexibility index (Phi) is 3.45. The Morgan fingerprint density at radius 2 is 2.15 bits per heavy atom. The Hall–Kier alpha value is -0.410. The van der Waals surface area contributed by atoms with Gasteiger partial charge in [0.1, 0.15) is 5.82 Å². The Morgan fingerprint density at radius 3 is 2.69 bits per heavy atom. The summed E-state index contributed by atoms with van der Waals surface area (Å²) in [5.74, 6) is -0.101. The summed E-state index contributed by atoms with van der Waals surface area (Å²) >= 11 is 3.37. The van der Waals surface area contributed by atoms with Crippen LogP contribution in [0.4, 0.5) is 4.39 Å². The molecule has 1 aromatic carbocycles. The van der Waals surface area contributed by atoms with Gasteiger partial charge in [-0.05, 0) is 42.6 Å². The number of hydrogen-bond acceptors (Lipinski definition) is 1. The van der Waals surface area contributed by atoms with E-state index in [0.717, 1.165) is 10.0 Å². The number of benzene rings is 1. The second-order valence-corrected chi connectivity index (χ2v) is 4.11. The highest BCUT2D eigenvalue weighted by molar-refractivity contribution is 9.10. The van der Waals surface area contributed by atoms with E-state index < -0.39 is 0 Å². The standard InChI is InChI=1S/C10H13BrFN/c1-6-3-10(12)8(4-9(6)11)7(2)5-13/h3-4,7H,5,13H2,1-2H3. The summed E-state index contributed by atoms with van der Waals surface area (Å²) in [5.41, 5.74) is 7.07. The van der Waals surface area contributed by atoms with Crippen molar-refractivity contribution in [2.45, 2.75) is 19.8 Å². The largest absolute Gasteiger partial charge is 0.330 e. The molecule has 0 bridgehead atoms. The molecule has 1 rings (SSSR count). The highest BCUT2D eigenvalue weighted by atomic mass is 79.9. The fraction of sp³-hybridized carbons (Fsp3) is 0.400. The monoisotopic (exact) mass is 245 g/mol. The molecule has 0 saturated carbocycles. The number of aryl methyl sites for hydroxylation is 1. The average Bonchev–Trinajstić information content (AvgIpc) is 2.10. The van der Waals surface area contributed by atoms with Gasteiger partial charge in [-0.15, -0.1) is 0 Å². The van der Waals surface area contributed by atoms with Gasteiger partial charge in [0.15, 0.2) is 0 Å². The Morgan fingerprint density at radius 1 is 1.54 bits per heavy atom. The lowest BCUT2D eigenvalue weighted by Crippen LogP contribution is -2.10. The van der Waals surface area contributed by atoms with Crippen molar-refractivity contribution < 1.29 is 4.39 Å². The van der Waals surface area contributed by atoms with Crippen LogP contribution in [0.5, 0.6) is 0 Å². The zero-order chi connectivity index (χ0) is 10.0. The van der Waals surface area contributed by atoms with Gasteiger partial charge in [0.25, 0.3) is 0 Å². The zero-order valence-corrected chi connectivity index (χ0v) is 9.36. The van der Waals surface area contributed by atoms with E-state index in [9.17, 15) is 4.39 Å². The molecule has 1 atom stereocenters. The van der Waals surface area contributed by atoms with Crippen molar-refractivity contribution in [3.05, 3.63) is 33.5 Å². The Labute approximate surface area is 86.3 Å². The second kappa shape index (κ2) is 4.20. The van der Waals surface area contributed by atoms with Crippen LogP contribution in [0.25, 0.3) is 0 Å². The smallest absolute Gasteiger partial charge is 0.127 e. The van der Waals surface area contributed by atoms with Crippen molar-refractivity contribution in [2.24, 2.45) is 5.73 Å². The Balaban J connectivity index is 3.15. The van der Waals surface area contributed by atoms with E-state index in [-0.39, 0.29) is 11.7 Å². The molecule has 0 saturated heterocycles. The fourth-order valence-electron chi connectivity index (χ4n) is 1.17. The maximum absolute atomic E-state index is 13.4. The van der Waals surface area contributed by atoms with Crippen LogP contribution in [0, 0.1) is 12.7 Å². The summed E-state index contributed by atoms with van der Waals surface area (Å²) in [7, 11) is 0. The van der Waals surface area contributed by atoms with Gasteiger partial charge < -0.3 is 5.73 Å². The lowest BCUT2D eigenvalue weighted by molar-refractivity contribution is 0.589. The molecule has 1 nitrogen and oxygen atoms in total. The predicted octanol–water partition coefficient (Wildman–Crippen LogP) is 2.96. The average molecular weight is 246 g/mol. The molecule has 0 spiro atoms. The van der Waals surface area contributed by atoms with Crippen molar-refractivity contribution >= 4 is 15.9 Å². The molecule has 72 valence electrons. The molecule has 0 amide bonds. The lowest BCUT2D eigenvalue weighted by atomic mass is 9.99. The third-order valence-electron chi connectivity index (χ3n) is 2.16. The van der Waals surface area contributed by atoms with E-state index in [2.05, 4.69) is 15.9 Å². The van der Waals surface area contributed by atoms with E-state index in [4.69, 9.17) is 5.73 Å². The van der Waals surface area contributed by atoms with Crippen LogP contribution in [0.3, 0.4) is 0 Å². The molecule has 0 aliphatic carbocycles. The highest BCUT2D eigenvalue weighted by Crippen LogP contribution is 2.25. The summed E-state index contributed by atoms with van der Waals surface area (Å²) in [4.78, 5) is 0. The minimum absolute atomic E-state index is 0.0666. The molecule has 2 N–H and O–H groups in total. The van der Waals surface area contributed by atoms with Crippen molar-refractivity contribution in [3.63, 3.8) is 0 Å². The molecule has 0 heterocycles. The molecule has 0 radical (unpaired) electrons. The van der Waals surface area contributed by atoms with Crippen LogP contribution in [-0.4, -0.2) is 6.54 Å². The van der Waals surface area contributed by atoms with Crippen molar-refractivity contribution in [3.8, 4) is 0 Å². The molecular formula is C10H13BrFN. The summed E-state index contributed by atoms with van der Waals surface area (Å²) in [5, 5.41) is 0. The molecule has 1 aromatic rings. The highest BCUT2D eigenvalue weighted by Gasteiger charge is 2.11. The predicted molar refractivity (Wildman–Crippen MR) is 56.3 cm³/mol. The normalized spacial score (nSPS) is 13.0. The van der Waals surface area contributed by atoms with Gasteiger partial charge in [0.2, 0.25) is 0 Å². The molecule has 1 unspecified atom stereocenters. The fourth-order valence-corrected chi connectivity index (χ4v) is 1.53. The lowest BCUT2D eigenvalue weighted by Gasteiger charge is -2.11. The van der Waals surface area contributed by atoms with Crippen molar-refractivity contribution in [2.75, 3.05) is 6.54 Å². The first-order chi connectivity index (χ1) is 6.06. The third-order valence-corrected chi connectivity index (χ3v) is 3.02. The summed E-state index contributed by atoms with van der Waals surface area (Å²) < 4.78 is 14.3. The van der Waals surface area contributed by atoms with Crippen LogP contribution in [0.1, 0.15) is 24.0 Å². The molecular weight excluding hydrogens is 233 g/mol. The van der Waals surface area contributed by atoms with Gasteiger partial charge in [0.05, 0.1) is 0 Å². The molecule has 3 heteroatoms. The van der Waals surface area contributed by atoms with E-state index >= 15 is 0 Å². The van der Waals surface area contributed by atoms with Gasteiger partial charge >= 0.3 is 0 Å². The van der Waals surface area contributed by atoms with E-state index in [1.54, 1.807) is 0 Å². The molecule has 0 aromatic heterocycles. The van der Waals surface area contributed by atoms with Gasteiger partial charge in [-0.25, -0.2) is 4.39 Å². The van der Waals surface area contributed by atoms with Crippen LogP contribution >= 0.6 is 15.9 Å². The van der Waals surface area contributed by atoms with Crippen molar-refractivity contribution in [1.29, 1.82) is 0 Å². The number of halogens is 2. The molecule has 0 aliphatic rings. The number of hydrogen-bond donors (Lipinski definition) is 1. The number of nitrogens with two attached hydrogens (primary N) is 1. The summed E-state index contributed by atoms with van der Waals surface area (Å²) in [6.07, 6.45) is 0. The third kappa shape index (κ3) is 2.29. The van der Waals surface area contributed by atoms with Gasteiger partial charge in [-0.3, -0.25) is 0 Å². The maximum atomic E-state index is 13.4. The maximum Gasteiger partial charge on any atom is 0.127 e. The SMILES string of the molecule is Cc1cc(F)c(C(C)CN)cc1Br. The van der Waals surface area contributed by atoms with E-state index in [0.29, 0.717) is 12.1 Å².